The van der Waals surface area contributed by atoms with E-state index in [1.807, 2.05) is 18.7 Å². The largest absolute Gasteiger partial charge is 0.392 e. The first-order valence-corrected chi connectivity index (χ1v) is 5.55. The molecule has 1 unspecified atom stereocenters. The zero-order valence-electron chi connectivity index (χ0n) is 9.40. The van der Waals surface area contributed by atoms with Crippen molar-refractivity contribution in [1.29, 1.82) is 0 Å². The van der Waals surface area contributed by atoms with E-state index in [0.29, 0.717) is 12.5 Å². The van der Waals surface area contributed by atoms with Crippen molar-refractivity contribution in [3.63, 3.8) is 0 Å². The van der Waals surface area contributed by atoms with Crippen LogP contribution < -0.4 is 5.32 Å². The third-order valence-corrected chi connectivity index (χ3v) is 2.92. The van der Waals surface area contributed by atoms with E-state index in [1.54, 1.807) is 0 Å². The summed E-state index contributed by atoms with van der Waals surface area (Å²) >= 11 is 0. The highest BCUT2D eigenvalue weighted by Gasteiger charge is 2.29. The van der Waals surface area contributed by atoms with Crippen LogP contribution in [0.3, 0.4) is 0 Å². The van der Waals surface area contributed by atoms with E-state index in [4.69, 9.17) is 0 Å². The molecule has 0 saturated heterocycles. The standard InChI is InChI=1S/C11H19N3O/c1-8-5-10(14(2)13-8)6-12-7-11(15)9-3-4-9/h5,9,11-12,15H,3-4,6-7H2,1-2H3. The molecule has 2 N–H and O–H groups in total. The van der Waals surface area contributed by atoms with Gasteiger partial charge in [0.15, 0.2) is 0 Å². The molecule has 1 saturated carbocycles. The van der Waals surface area contributed by atoms with E-state index in [9.17, 15) is 5.11 Å². The van der Waals surface area contributed by atoms with Crippen molar-refractivity contribution in [3.8, 4) is 0 Å². The summed E-state index contributed by atoms with van der Waals surface area (Å²) in [5.41, 5.74) is 2.20. The van der Waals surface area contributed by atoms with Crippen molar-refractivity contribution in [2.45, 2.75) is 32.4 Å². The van der Waals surface area contributed by atoms with Gasteiger partial charge in [-0.1, -0.05) is 0 Å². The Morgan fingerprint density at radius 3 is 2.93 bits per heavy atom. The van der Waals surface area contributed by atoms with E-state index in [1.165, 1.54) is 12.8 Å². The molecule has 1 heterocycles. The lowest BCUT2D eigenvalue weighted by molar-refractivity contribution is 0.148. The van der Waals surface area contributed by atoms with Gasteiger partial charge < -0.3 is 10.4 Å². The second-order valence-corrected chi connectivity index (χ2v) is 4.44. The van der Waals surface area contributed by atoms with E-state index in [2.05, 4.69) is 16.5 Å². The van der Waals surface area contributed by atoms with Crippen molar-refractivity contribution in [3.05, 3.63) is 17.5 Å². The molecular formula is C11H19N3O. The van der Waals surface area contributed by atoms with Crippen LogP contribution in [0.25, 0.3) is 0 Å². The molecular weight excluding hydrogens is 190 g/mol. The highest BCUT2D eigenvalue weighted by Crippen LogP contribution is 2.32. The van der Waals surface area contributed by atoms with Crippen LogP contribution in [-0.4, -0.2) is 27.5 Å². The van der Waals surface area contributed by atoms with E-state index < -0.39 is 0 Å². The number of aliphatic hydroxyl groups excluding tert-OH is 1. The number of hydrogen-bond donors (Lipinski definition) is 2. The Hall–Kier alpha value is -0.870. The summed E-state index contributed by atoms with van der Waals surface area (Å²) < 4.78 is 1.88. The van der Waals surface area contributed by atoms with E-state index >= 15 is 0 Å². The average Bonchev–Trinajstić information content (AvgIpc) is 2.94. The molecule has 15 heavy (non-hydrogen) atoms. The summed E-state index contributed by atoms with van der Waals surface area (Å²) in [5, 5.41) is 17.2. The van der Waals surface area contributed by atoms with Gasteiger partial charge >= 0.3 is 0 Å². The highest BCUT2D eigenvalue weighted by atomic mass is 16.3. The minimum absolute atomic E-state index is 0.167. The number of hydrogen-bond acceptors (Lipinski definition) is 3. The molecule has 1 aliphatic rings. The third kappa shape index (κ3) is 2.79. The van der Waals surface area contributed by atoms with Crippen molar-refractivity contribution in [2.75, 3.05) is 6.54 Å². The quantitative estimate of drug-likeness (QED) is 0.746. The molecule has 0 amide bonds. The van der Waals surface area contributed by atoms with Gasteiger partial charge in [-0.05, 0) is 31.7 Å². The minimum atomic E-state index is -0.167. The lowest BCUT2D eigenvalue weighted by Crippen LogP contribution is -2.28. The molecule has 4 heteroatoms. The van der Waals surface area contributed by atoms with Gasteiger partial charge in [-0.3, -0.25) is 4.68 Å². The van der Waals surface area contributed by atoms with Crippen molar-refractivity contribution in [1.82, 2.24) is 15.1 Å². The first-order valence-electron chi connectivity index (χ1n) is 5.55. The van der Waals surface area contributed by atoms with Gasteiger partial charge in [0, 0.05) is 20.1 Å². The van der Waals surface area contributed by atoms with Gasteiger partial charge in [-0.15, -0.1) is 0 Å². The van der Waals surface area contributed by atoms with Crippen LogP contribution >= 0.6 is 0 Å². The van der Waals surface area contributed by atoms with Crippen LogP contribution in [0.1, 0.15) is 24.2 Å². The van der Waals surface area contributed by atoms with Crippen LogP contribution in [0.2, 0.25) is 0 Å². The Balaban J connectivity index is 1.75. The summed E-state index contributed by atoms with van der Waals surface area (Å²) in [6, 6.07) is 2.07. The van der Waals surface area contributed by atoms with Gasteiger partial charge in [0.05, 0.1) is 17.5 Å². The van der Waals surface area contributed by atoms with Gasteiger partial charge in [-0.25, -0.2) is 0 Å². The SMILES string of the molecule is Cc1cc(CNCC(O)C2CC2)n(C)n1. The summed E-state index contributed by atoms with van der Waals surface area (Å²) in [4.78, 5) is 0. The molecule has 84 valence electrons. The summed E-state index contributed by atoms with van der Waals surface area (Å²) in [5.74, 6) is 0.547. The molecule has 1 aliphatic carbocycles. The second-order valence-electron chi connectivity index (χ2n) is 4.44. The molecule has 0 radical (unpaired) electrons. The molecule has 0 aromatic carbocycles. The Kier molecular flexibility index (Phi) is 3.07. The van der Waals surface area contributed by atoms with Crippen molar-refractivity contribution >= 4 is 0 Å². The molecule has 2 rings (SSSR count). The van der Waals surface area contributed by atoms with Crippen LogP contribution in [0.5, 0.6) is 0 Å². The van der Waals surface area contributed by atoms with Crippen molar-refractivity contribution in [2.24, 2.45) is 13.0 Å². The predicted molar refractivity (Wildman–Crippen MR) is 58.4 cm³/mol. The monoisotopic (exact) mass is 209 g/mol. The lowest BCUT2D eigenvalue weighted by Gasteiger charge is -2.10. The van der Waals surface area contributed by atoms with Crippen molar-refractivity contribution < 1.29 is 5.11 Å². The molecule has 1 aromatic rings. The summed E-state index contributed by atoms with van der Waals surface area (Å²) in [6.07, 6.45) is 2.21. The zero-order chi connectivity index (χ0) is 10.8. The Morgan fingerprint density at radius 2 is 2.40 bits per heavy atom. The number of nitrogens with zero attached hydrogens (tertiary/aromatic N) is 2. The van der Waals surface area contributed by atoms with Gasteiger partial charge in [0.1, 0.15) is 0 Å². The molecule has 1 aromatic heterocycles. The topological polar surface area (TPSA) is 50.1 Å². The molecule has 1 fully saturated rings. The molecule has 1 atom stereocenters. The fourth-order valence-electron chi connectivity index (χ4n) is 1.83. The number of rotatable bonds is 5. The predicted octanol–water partition coefficient (Wildman–Crippen LogP) is 0.589. The van der Waals surface area contributed by atoms with Crippen LogP contribution in [0, 0.1) is 12.8 Å². The summed E-state index contributed by atoms with van der Waals surface area (Å²) in [7, 11) is 1.95. The maximum absolute atomic E-state index is 9.66. The number of aryl methyl sites for hydroxylation is 2. The minimum Gasteiger partial charge on any atom is -0.392 e. The third-order valence-electron chi connectivity index (χ3n) is 2.92. The smallest absolute Gasteiger partial charge is 0.0692 e. The molecule has 0 aliphatic heterocycles. The van der Waals surface area contributed by atoms with Gasteiger partial charge in [-0.2, -0.15) is 5.10 Å². The van der Waals surface area contributed by atoms with E-state index in [-0.39, 0.29) is 6.10 Å². The normalized spacial score (nSPS) is 18.1. The molecule has 0 spiro atoms. The number of nitrogens with one attached hydrogen (secondary N) is 1. The Labute approximate surface area is 90.3 Å². The maximum Gasteiger partial charge on any atom is 0.0692 e. The summed E-state index contributed by atoms with van der Waals surface area (Å²) in [6.45, 7) is 3.46. The zero-order valence-corrected chi connectivity index (χ0v) is 9.40. The van der Waals surface area contributed by atoms with Gasteiger partial charge in [0.25, 0.3) is 0 Å². The van der Waals surface area contributed by atoms with Gasteiger partial charge in [0.2, 0.25) is 0 Å². The van der Waals surface area contributed by atoms with Crippen LogP contribution in [0.4, 0.5) is 0 Å². The fourth-order valence-corrected chi connectivity index (χ4v) is 1.83. The molecule has 4 nitrogen and oxygen atoms in total. The first-order chi connectivity index (χ1) is 7.16. The fraction of sp³-hybridized carbons (Fsp3) is 0.727. The Bertz CT molecular complexity index is 331. The number of aromatic nitrogens is 2. The number of aliphatic hydroxyl groups is 1. The van der Waals surface area contributed by atoms with Crippen LogP contribution in [0.15, 0.2) is 6.07 Å². The van der Waals surface area contributed by atoms with Crippen LogP contribution in [-0.2, 0) is 13.6 Å². The van der Waals surface area contributed by atoms with E-state index in [0.717, 1.165) is 17.9 Å². The second kappa shape index (κ2) is 4.33. The molecule has 0 bridgehead atoms. The maximum atomic E-state index is 9.66. The lowest BCUT2D eigenvalue weighted by atomic mass is 10.2. The average molecular weight is 209 g/mol. The first kappa shape index (κ1) is 10.6. The highest BCUT2D eigenvalue weighted by molar-refractivity contribution is 5.08. The Morgan fingerprint density at radius 1 is 1.67 bits per heavy atom.